The van der Waals surface area contributed by atoms with E-state index < -0.39 is 0 Å². The first kappa shape index (κ1) is 27.0. The second-order valence-corrected chi connectivity index (χ2v) is 11.5. The van der Waals surface area contributed by atoms with Crippen molar-refractivity contribution >= 4 is 0 Å². The summed E-state index contributed by atoms with van der Waals surface area (Å²) in [6.07, 6.45) is 18.4. The number of aryl methyl sites for hydroxylation is 1. The van der Waals surface area contributed by atoms with Crippen molar-refractivity contribution in [1.29, 1.82) is 0 Å². The van der Waals surface area contributed by atoms with Crippen LogP contribution < -0.4 is 9.47 Å². The van der Waals surface area contributed by atoms with E-state index in [1.165, 1.54) is 94.1 Å². The van der Waals surface area contributed by atoms with E-state index in [2.05, 4.69) is 62.4 Å². The van der Waals surface area contributed by atoms with E-state index in [1.807, 2.05) is 0 Å². The molecule has 2 fully saturated rings. The van der Waals surface area contributed by atoms with Crippen LogP contribution in [0.2, 0.25) is 0 Å². The highest BCUT2D eigenvalue weighted by atomic mass is 16.5. The predicted octanol–water partition coefficient (Wildman–Crippen LogP) is 9.67. The molecule has 2 saturated carbocycles. The van der Waals surface area contributed by atoms with E-state index in [0.29, 0.717) is 0 Å². The van der Waals surface area contributed by atoms with E-state index >= 15 is 0 Å². The Hall–Kier alpha value is -2.09. The first-order chi connectivity index (χ1) is 17.7. The molecule has 2 aromatic carbocycles. The Morgan fingerprint density at radius 3 is 1.72 bits per heavy atom. The van der Waals surface area contributed by atoms with Gasteiger partial charge in [0.25, 0.3) is 0 Å². The Morgan fingerprint density at radius 2 is 1.17 bits per heavy atom. The maximum atomic E-state index is 6.01. The quantitative estimate of drug-likeness (QED) is 0.206. The van der Waals surface area contributed by atoms with Crippen LogP contribution in [0.4, 0.5) is 0 Å². The number of rotatable bonds is 13. The normalized spacial score (nSPS) is 20.9. The lowest BCUT2D eigenvalue weighted by molar-refractivity contribution is 0.267. The molecule has 0 saturated heterocycles. The van der Waals surface area contributed by atoms with Crippen molar-refractivity contribution in [3.05, 3.63) is 72.5 Å². The summed E-state index contributed by atoms with van der Waals surface area (Å²) in [5, 5.41) is 0. The van der Waals surface area contributed by atoms with E-state index in [0.717, 1.165) is 55.3 Å². The maximum Gasteiger partial charge on any atom is 0.119 e. The molecule has 0 heterocycles. The summed E-state index contributed by atoms with van der Waals surface area (Å²) in [5.41, 5.74) is 2.78. The highest BCUT2D eigenvalue weighted by Gasteiger charge is 2.25. The molecule has 0 unspecified atom stereocenters. The molecule has 2 heteroatoms. The van der Waals surface area contributed by atoms with Gasteiger partial charge in [-0.3, -0.25) is 0 Å². The Morgan fingerprint density at radius 1 is 0.667 bits per heavy atom. The number of unbranched alkanes of at least 4 members (excludes halogenated alkanes) is 3. The van der Waals surface area contributed by atoms with Crippen LogP contribution in [0.1, 0.15) is 107 Å². The molecule has 2 aliphatic carbocycles. The molecule has 2 aliphatic rings. The molecule has 0 spiro atoms. The van der Waals surface area contributed by atoms with E-state index in [1.54, 1.807) is 0 Å². The van der Waals surface area contributed by atoms with Gasteiger partial charge >= 0.3 is 0 Å². The summed E-state index contributed by atoms with van der Waals surface area (Å²) in [6.45, 7) is 7.87. The minimum Gasteiger partial charge on any atom is -0.494 e. The summed E-state index contributed by atoms with van der Waals surface area (Å²) in [5.74, 6) is 6.16. The fraction of sp³-hybridized carbons (Fsp3) is 0.588. The molecule has 0 N–H and O–H groups in total. The third kappa shape index (κ3) is 9.09. The lowest BCUT2D eigenvalue weighted by Gasteiger charge is -2.30. The van der Waals surface area contributed by atoms with Gasteiger partial charge in [0.2, 0.25) is 0 Å². The van der Waals surface area contributed by atoms with Crippen LogP contribution in [0.15, 0.2) is 48.5 Å². The van der Waals surface area contributed by atoms with Crippen molar-refractivity contribution in [2.24, 2.45) is 11.8 Å². The average Bonchev–Trinajstić information content (AvgIpc) is 2.91. The van der Waals surface area contributed by atoms with Gasteiger partial charge in [0.1, 0.15) is 11.5 Å². The van der Waals surface area contributed by atoms with Crippen LogP contribution in [0, 0.1) is 31.6 Å². The van der Waals surface area contributed by atoms with Gasteiger partial charge in [0.05, 0.1) is 26.1 Å². The highest BCUT2D eigenvalue weighted by molar-refractivity contribution is 5.30. The molecule has 4 rings (SSSR count). The van der Waals surface area contributed by atoms with Gasteiger partial charge in [-0.25, -0.2) is 0 Å². The van der Waals surface area contributed by atoms with Gasteiger partial charge in [-0.2, -0.15) is 0 Å². The molecule has 36 heavy (non-hydrogen) atoms. The lowest BCUT2D eigenvalue weighted by Crippen LogP contribution is -2.16. The Labute approximate surface area is 221 Å². The van der Waals surface area contributed by atoms with Gasteiger partial charge in [0, 0.05) is 0 Å². The SMILES string of the molecule is [CH2-][C+]1CCC(CCC2CCC(c3ccc(OCCCCCCOc4ccc(C)cc4)cc3)CC2)CC1. The topological polar surface area (TPSA) is 18.5 Å². The van der Waals surface area contributed by atoms with Crippen LogP contribution in [0.3, 0.4) is 0 Å². The molecule has 2 nitrogen and oxygen atoms in total. The Balaban J connectivity index is 1.03. The minimum atomic E-state index is 0.746. The lowest BCUT2D eigenvalue weighted by atomic mass is 9.74. The number of hydrogen-bond acceptors (Lipinski definition) is 2. The number of ether oxygens (including phenoxy) is 2. The zero-order chi connectivity index (χ0) is 25.0. The summed E-state index contributed by atoms with van der Waals surface area (Å²) < 4.78 is 11.8. The molecular formula is C34H48O2. The zero-order valence-corrected chi connectivity index (χ0v) is 22.7. The smallest absolute Gasteiger partial charge is 0.119 e. The molecule has 196 valence electrons. The van der Waals surface area contributed by atoms with Crippen molar-refractivity contribution in [3.63, 3.8) is 0 Å². The van der Waals surface area contributed by atoms with Crippen LogP contribution in [-0.4, -0.2) is 13.2 Å². The summed E-state index contributed by atoms with van der Waals surface area (Å²) >= 11 is 0. The van der Waals surface area contributed by atoms with Crippen LogP contribution in [-0.2, 0) is 0 Å². The summed E-state index contributed by atoms with van der Waals surface area (Å²) in [4.78, 5) is 0. The second-order valence-electron chi connectivity index (χ2n) is 11.5. The minimum absolute atomic E-state index is 0.746. The first-order valence-electron chi connectivity index (χ1n) is 14.7. The molecule has 0 radical (unpaired) electrons. The molecule has 0 bridgehead atoms. The van der Waals surface area contributed by atoms with E-state index in [4.69, 9.17) is 9.47 Å². The largest absolute Gasteiger partial charge is 0.494 e. The third-order valence-corrected chi connectivity index (χ3v) is 8.59. The number of hydrogen-bond donors (Lipinski definition) is 0. The maximum absolute atomic E-state index is 6.01. The average molecular weight is 489 g/mol. The predicted molar refractivity (Wildman–Crippen MR) is 152 cm³/mol. The second kappa shape index (κ2) is 14.6. The molecule has 2 aromatic rings. The van der Waals surface area contributed by atoms with Gasteiger partial charge in [-0.05, 0) is 125 Å². The highest BCUT2D eigenvalue weighted by Crippen LogP contribution is 2.40. The van der Waals surface area contributed by atoms with Crippen molar-refractivity contribution in [2.45, 2.75) is 103 Å². The zero-order valence-electron chi connectivity index (χ0n) is 22.7. The monoisotopic (exact) mass is 488 g/mol. The van der Waals surface area contributed by atoms with Crippen molar-refractivity contribution in [2.75, 3.05) is 13.2 Å². The first-order valence-corrected chi connectivity index (χ1v) is 14.7. The van der Waals surface area contributed by atoms with Crippen molar-refractivity contribution < 1.29 is 9.47 Å². The van der Waals surface area contributed by atoms with Gasteiger partial charge in [0.15, 0.2) is 0 Å². The Bertz CT molecular complexity index is 840. The van der Waals surface area contributed by atoms with Gasteiger partial charge < -0.3 is 9.47 Å². The van der Waals surface area contributed by atoms with Crippen LogP contribution >= 0.6 is 0 Å². The van der Waals surface area contributed by atoms with E-state index in [-0.39, 0.29) is 0 Å². The molecule has 0 atom stereocenters. The molecular weight excluding hydrogens is 440 g/mol. The van der Waals surface area contributed by atoms with Crippen molar-refractivity contribution in [1.82, 2.24) is 0 Å². The number of benzene rings is 2. The summed E-state index contributed by atoms with van der Waals surface area (Å²) in [6, 6.07) is 17.3. The van der Waals surface area contributed by atoms with Gasteiger partial charge in [-0.15, -0.1) is 6.92 Å². The van der Waals surface area contributed by atoms with E-state index in [9.17, 15) is 0 Å². The molecule has 0 aliphatic heterocycles. The third-order valence-electron chi connectivity index (χ3n) is 8.59. The Kier molecular flexibility index (Phi) is 10.9. The molecule has 0 aromatic heterocycles. The van der Waals surface area contributed by atoms with Crippen molar-refractivity contribution in [3.8, 4) is 11.5 Å². The standard InChI is InChI=1S/C34H48O2/c1-27-7-11-29(12-8-27)13-14-30-15-17-31(18-16-30)32-19-23-34(24-20-32)36-26-6-4-3-5-25-35-33-21-9-28(2)10-22-33/h9-10,19-24,29-31H,1,3-8,11-18,25-26H2,2H3. The fourth-order valence-electron chi connectivity index (χ4n) is 6.04. The van der Waals surface area contributed by atoms with Crippen LogP contribution in [0.25, 0.3) is 0 Å². The summed E-state index contributed by atoms with van der Waals surface area (Å²) in [7, 11) is 0. The van der Waals surface area contributed by atoms with Gasteiger partial charge in [-0.1, -0.05) is 42.2 Å². The fourth-order valence-corrected chi connectivity index (χ4v) is 6.04. The molecule has 0 amide bonds. The van der Waals surface area contributed by atoms with Crippen LogP contribution in [0.5, 0.6) is 11.5 Å².